The third-order valence-corrected chi connectivity index (χ3v) is 3.45. The maximum absolute atomic E-state index is 11.3. The molecule has 1 aliphatic carbocycles. The van der Waals surface area contributed by atoms with Gasteiger partial charge in [-0.15, -0.1) is 0 Å². The van der Waals surface area contributed by atoms with Crippen LogP contribution in [0.25, 0.3) is 11.0 Å². The molecule has 0 unspecified atom stereocenters. The second-order valence-corrected chi connectivity index (χ2v) is 4.40. The van der Waals surface area contributed by atoms with Crippen molar-refractivity contribution in [3.8, 4) is 5.75 Å². The summed E-state index contributed by atoms with van der Waals surface area (Å²) in [6.45, 7) is 0. The van der Waals surface area contributed by atoms with Crippen molar-refractivity contribution in [3.63, 3.8) is 0 Å². The van der Waals surface area contributed by atoms with Crippen LogP contribution < -0.4 is 4.74 Å². The Kier molecular flexibility index (Phi) is 1.96. The Hall–Kier alpha value is -1.97. The number of carboxylic acid groups (broad SMARTS) is 1. The number of furan rings is 1. The molecule has 0 radical (unpaired) electrons. The van der Waals surface area contributed by atoms with Crippen molar-refractivity contribution in [3.05, 3.63) is 30.0 Å². The van der Waals surface area contributed by atoms with Crippen LogP contribution in [0.5, 0.6) is 5.75 Å². The van der Waals surface area contributed by atoms with Crippen LogP contribution in [0, 0.1) is 0 Å². The molecule has 0 spiro atoms. The van der Waals surface area contributed by atoms with Crippen molar-refractivity contribution in [2.24, 2.45) is 0 Å². The van der Waals surface area contributed by atoms with Crippen LogP contribution in [0.2, 0.25) is 0 Å². The van der Waals surface area contributed by atoms with Crippen molar-refractivity contribution in [1.29, 1.82) is 0 Å². The Morgan fingerprint density at radius 3 is 2.82 bits per heavy atom. The van der Waals surface area contributed by atoms with E-state index in [1.165, 1.54) is 0 Å². The molecule has 0 atom stereocenters. The smallest absolute Gasteiger partial charge is 0.314 e. The van der Waals surface area contributed by atoms with E-state index in [1.54, 1.807) is 19.4 Å². The van der Waals surface area contributed by atoms with Crippen LogP contribution in [0.15, 0.2) is 28.9 Å². The van der Waals surface area contributed by atoms with Crippen LogP contribution in [0.1, 0.15) is 18.4 Å². The van der Waals surface area contributed by atoms with Gasteiger partial charge in [0, 0.05) is 5.39 Å². The van der Waals surface area contributed by atoms with E-state index in [2.05, 4.69) is 0 Å². The minimum absolute atomic E-state index is 0.593. The Morgan fingerprint density at radius 1 is 1.47 bits per heavy atom. The van der Waals surface area contributed by atoms with Gasteiger partial charge in [0.2, 0.25) is 0 Å². The molecule has 17 heavy (non-hydrogen) atoms. The molecule has 0 bridgehead atoms. The van der Waals surface area contributed by atoms with E-state index in [9.17, 15) is 9.90 Å². The zero-order valence-corrected chi connectivity index (χ0v) is 9.40. The monoisotopic (exact) mass is 232 g/mol. The van der Waals surface area contributed by atoms with Crippen molar-refractivity contribution in [2.45, 2.75) is 18.3 Å². The zero-order valence-electron chi connectivity index (χ0n) is 9.40. The molecule has 1 aliphatic rings. The quantitative estimate of drug-likeness (QED) is 0.883. The van der Waals surface area contributed by atoms with E-state index in [0.29, 0.717) is 24.2 Å². The van der Waals surface area contributed by atoms with Gasteiger partial charge >= 0.3 is 5.97 Å². The third-order valence-electron chi connectivity index (χ3n) is 3.45. The highest BCUT2D eigenvalue weighted by Crippen LogP contribution is 2.50. The minimum atomic E-state index is -0.762. The van der Waals surface area contributed by atoms with Gasteiger partial charge in [-0.3, -0.25) is 4.79 Å². The van der Waals surface area contributed by atoms with Gasteiger partial charge in [-0.25, -0.2) is 0 Å². The highest BCUT2D eigenvalue weighted by molar-refractivity contribution is 5.90. The van der Waals surface area contributed by atoms with Gasteiger partial charge in [0.15, 0.2) is 11.3 Å². The van der Waals surface area contributed by atoms with Crippen molar-refractivity contribution in [2.75, 3.05) is 7.11 Å². The Bertz CT molecular complexity index is 592. The standard InChI is InChI=1S/C13H12O4/c1-16-10-7-9(13(3-4-13)12(14)15)6-8-2-5-17-11(8)10/h2,5-7H,3-4H2,1H3,(H,14,15). The molecule has 1 aromatic carbocycles. The molecule has 1 heterocycles. The first-order valence-corrected chi connectivity index (χ1v) is 5.46. The van der Waals surface area contributed by atoms with Crippen LogP contribution in [-0.2, 0) is 10.2 Å². The van der Waals surface area contributed by atoms with E-state index in [1.807, 2.05) is 12.1 Å². The summed E-state index contributed by atoms with van der Waals surface area (Å²) in [6.07, 6.45) is 2.96. The first kappa shape index (κ1) is 10.2. The summed E-state index contributed by atoms with van der Waals surface area (Å²) in [4.78, 5) is 11.3. The van der Waals surface area contributed by atoms with Crippen molar-refractivity contribution >= 4 is 16.9 Å². The second-order valence-electron chi connectivity index (χ2n) is 4.40. The van der Waals surface area contributed by atoms with Crippen LogP contribution in [0.3, 0.4) is 0 Å². The number of carbonyl (C=O) groups is 1. The SMILES string of the molecule is COc1cc(C2(C(=O)O)CC2)cc2ccoc12. The average molecular weight is 232 g/mol. The molecule has 0 amide bonds. The number of methoxy groups -OCH3 is 1. The number of rotatable bonds is 3. The maximum atomic E-state index is 11.3. The highest BCUT2D eigenvalue weighted by Gasteiger charge is 2.52. The summed E-state index contributed by atoms with van der Waals surface area (Å²) in [5.41, 5.74) is 0.756. The van der Waals surface area contributed by atoms with E-state index < -0.39 is 11.4 Å². The molecule has 1 N–H and O–H groups in total. The molecule has 1 fully saturated rings. The molecule has 2 aromatic rings. The van der Waals surface area contributed by atoms with Crippen molar-refractivity contribution < 1.29 is 19.1 Å². The van der Waals surface area contributed by atoms with Gasteiger partial charge < -0.3 is 14.3 Å². The first-order valence-electron chi connectivity index (χ1n) is 5.46. The number of fused-ring (bicyclic) bond motifs is 1. The van der Waals surface area contributed by atoms with Gasteiger partial charge in [-0.05, 0) is 36.6 Å². The largest absolute Gasteiger partial charge is 0.493 e. The van der Waals surface area contributed by atoms with Gasteiger partial charge in [0.05, 0.1) is 18.8 Å². The molecule has 0 saturated heterocycles. The van der Waals surface area contributed by atoms with Gasteiger partial charge in [-0.1, -0.05) is 0 Å². The van der Waals surface area contributed by atoms with E-state index in [-0.39, 0.29) is 0 Å². The lowest BCUT2D eigenvalue weighted by atomic mass is 9.95. The maximum Gasteiger partial charge on any atom is 0.314 e. The van der Waals surface area contributed by atoms with E-state index in [0.717, 1.165) is 10.9 Å². The Balaban J connectivity index is 2.21. The average Bonchev–Trinajstić information content (AvgIpc) is 3.01. The Labute approximate surface area is 97.8 Å². The lowest BCUT2D eigenvalue weighted by Gasteiger charge is -2.12. The summed E-state index contributed by atoms with van der Waals surface area (Å²) >= 11 is 0. The van der Waals surface area contributed by atoms with Crippen LogP contribution in [0.4, 0.5) is 0 Å². The molecular weight excluding hydrogens is 220 g/mol. The minimum Gasteiger partial charge on any atom is -0.493 e. The summed E-state index contributed by atoms with van der Waals surface area (Å²) in [5.74, 6) is -0.169. The number of benzene rings is 1. The number of ether oxygens (including phenoxy) is 1. The molecule has 3 rings (SSSR count). The molecular formula is C13H12O4. The number of hydrogen-bond donors (Lipinski definition) is 1. The molecule has 1 saturated carbocycles. The molecule has 4 nitrogen and oxygen atoms in total. The predicted octanol–water partition coefficient (Wildman–Crippen LogP) is 2.56. The number of aliphatic carboxylic acids is 1. The van der Waals surface area contributed by atoms with Gasteiger partial charge in [0.25, 0.3) is 0 Å². The first-order chi connectivity index (χ1) is 8.17. The number of carboxylic acids is 1. The predicted molar refractivity (Wildman–Crippen MR) is 61.3 cm³/mol. The fourth-order valence-electron chi connectivity index (χ4n) is 2.23. The summed E-state index contributed by atoms with van der Waals surface area (Å²) in [5, 5.41) is 10.2. The van der Waals surface area contributed by atoms with E-state index >= 15 is 0 Å². The highest BCUT2D eigenvalue weighted by atomic mass is 16.5. The fraction of sp³-hybridized carbons (Fsp3) is 0.308. The van der Waals surface area contributed by atoms with Gasteiger partial charge in [0.1, 0.15) is 0 Å². The van der Waals surface area contributed by atoms with Crippen molar-refractivity contribution in [1.82, 2.24) is 0 Å². The summed E-state index contributed by atoms with van der Waals surface area (Å²) in [6, 6.07) is 5.47. The zero-order chi connectivity index (χ0) is 12.0. The summed E-state index contributed by atoms with van der Waals surface area (Å²) < 4.78 is 10.6. The topological polar surface area (TPSA) is 59.7 Å². The lowest BCUT2D eigenvalue weighted by Crippen LogP contribution is -2.19. The lowest BCUT2D eigenvalue weighted by molar-refractivity contribution is -0.140. The van der Waals surface area contributed by atoms with Crippen LogP contribution in [-0.4, -0.2) is 18.2 Å². The molecule has 88 valence electrons. The van der Waals surface area contributed by atoms with E-state index in [4.69, 9.17) is 9.15 Å². The normalized spacial score (nSPS) is 17.0. The molecule has 1 aromatic heterocycles. The molecule has 0 aliphatic heterocycles. The second kappa shape index (κ2) is 3.26. The molecule has 4 heteroatoms. The number of hydrogen-bond acceptors (Lipinski definition) is 3. The summed E-state index contributed by atoms with van der Waals surface area (Å²) in [7, 11) is 1.56. The fourth-order valence-corrected chi connectivity index (χ4v) is 2.23. The third kappa shape index (κ3) is 1.33. The van der Waals surface area contributed by atoms with Crippen LogP contribution >= 0.6 is 0 Å². The van der Waals surface area contributed by atoms with Gasteiger partial charge in [-0.2, -0.15) is 0 Å². The Morgan fingerprint density at radius 2 is 2.24 bits per heavy atom.